The number of benzene rings is 2. The minimum absolute atomic E-state index is 0.130. The number of hydrogen-bond donors (Lipinski definition) is 3. The van der Waals surface area contributed by atoms with Crippen LogP contribution in [0.3, 0.4) is 0 Å². The molecule has 1 fully saturated rings. The molecule has 4 aromatic rings. The lowest BCUT2D eigenvalue weighted by molar-refractivity contribution is 0.0945. The predicted molar refractivity (Wildman–Crippen MR) is 172 cm³/mol. The molecule has 0 spiro atoms. The van der Waals surface area contributed by atoms with Crippen molar-refractivity contribution in [2.24, 2.45) is 0 Å². The summed E-state index contributed by atoms with van der Waals surface area (Å²) in [5.74, 6) is 1.38. The van der Waals surface area contributed by atoms with E-state index in [1.807, 2.05) is 55.1 Å². The molecule has 0 atom stereocenters. The summed E-state index contributed by atoms with van der Waals surface area (Å²) in [6, 6.07) is 13.1. The molecule has 10 heteroatoms. The second-order valence-corrected chi connectivity index (χ2v) is 11.5. The molecule has 3 N–H and O–H groups in total. The molecular formula is C34H39N7O3. The van der Waals surface area contributed by atoms with Gasteiger partial charge in [0.15, 0.2) is 0 Å². The van der Waals surface area contributed by atoms with Gasteiger partial charge in [0.2, 0.25) is 5.95 Å². The number of carbonyl (C=O) groups is 2. The minimum Gasteiger partial charge on any atom is -0.495 e. The van der Waals surface area contributed by atoms with Crippen LogP contribution >= 0.6 is 0 Å². The van der Waals surface area contributed by atoms with Gasteiger partial charge >= 0.3 is 0 Å². The van der Waals surface area contributed by atoms with E-state index in [0.29, 0.717) is 41.5 Å². The zero-order valence-electron chi connectivity index (χ0n) is 25.6. The van der Waals surface area contributed by atoms with E-state index in [0.717, 1.165) is 59.9 Å². The number of para-hydroxylation sites is 1. The van der Waals surface area contributed by atoms with Crippen molar-refractivity contribution in [1.82, 2.24) is 24.8 Å². The number of rotatable bonds is 9. The lowest BCUT2D eigenvalue weighted by Crippen LogP contribution is -2.37. The summed E-state index contributed by atoms with van der Waals surface area (Å²) in [5.41, 5.74) is 6.63. The molecule has 228 valence electrons. The number of methoxy groups -OCH3 is 1. The lowest BCUT2D eigenvalue weighted by Gasteiger charge is -2.26. The van der Waals surface area contributed by atoms with Crippen LogP contribution in [0.2, 0.25) is 0 Å². The first-order chi connectivity index (χ1) is 21.4. The first-order valence-corrected chi connectivity index (χ1v) is 15.3. The molecule has 0 bridgehead atoms. The van der Waals surface area contributed by atoms with Gasteiger partial charge in [-0.25, -0.2) is 4.98 Å². The van der Waals surface area contributed by atoms with Crippen molar-refractivity contribution >= 4 is 29.1 Å². The molecule has 2 aliphatic heterocycles. The van der Waals surface area contributed by atoms with Crippen molar-refractivity contribution < 1.29 is 14.3 Å². The molecule has 0 unspecified atom stereocenters. The zero-order valence-corrected chi connectivity index (χ0v) is 25.6. The number of nitrogens with one attached hydrogen (secondary N) is 3. The van der Waals surface area contributed by atoms with Crippen LogP contribution in [0, 0.1) is 13.8 Å². The zero-order chi connectivity index (χ0) is 30.6. The van der Waals surface area contributed by atoms with Gasteiger partial charge in [-0.1, -0.05) is 24.6 Å². The Balaban J connectivity index is 1.16. The Morgan fingerprint density at radius 3 is 2.55 bits per heavy atom. The molecule has 1 saturated heterocycles. The summed E-state index contributed by atoms with van der Waals surface area (Å²) in [6.45, 7) is 7.66. The van der Waals surface area contributed by atoms with Crippen molar-refractivity contribution in [2.45, 2.75) is 46.0 Å². The Morgan fingerprint density at radius 1 is 0.977 bits per heavy atom. The van der Waals surface area contributed by atoms with Crippen molar-refractivity contribution in [2.75, 3.05) is 43.9 Å². The maximum absolute atomic E-state index is 13.3. The number of carbonyl (C=O) groups excluding carboxylic acids is 2. The number of amides is 2. The van der Waals surface area contributed by atoms with E-state index in [1.165, 1.54) is 19.3 Å². The fourth-order valence-corrected chi connectivity index (χ4v) is 6.08. The molecule has 4 heterocycles. The summed E-state index contributed by atoms with van der Waals surface area (Å²) >= 11 is 0. The van der Waals surface area contributed by atoms with Crippen LogP contribution < -0.4 is 20.7 Å². The van der Waals surface area contributed by atoms with Gasteiger partial charge in [0, 0.05) is 48.0 Å². The molecular weight excluding hydrogens is 554 g/mol. The summed E-state index contributed by atoms with van der Waals surface area (Å²) in [5, 5.41) is 9.39. The third-order valence-electron chi connectivity index (χ3n) is 8.53. The van der Waals surface area contributed by atoms with Gasteiger partial charge in [-0.3, -0.25) is 9.59 Å². The lowest BCUT2D eigenvalue weighted by atomic mass is 10.0. The van der Waals surface area contributed by atoms with E-state index >= 15 is 0 Å². The van der Waals surface area contributed by atoms with Crippen LogP contribution in [0.25, 0.3) is 5.82 Å². The molecule has 2 aromatic carbocycles. The molecule has 2 aliphatic rings. The predicted octanol–water partition coefficient (Wildman–Crippen LogP) is 5.20. The van der Waals surface area contributed by atoms with Crippen molar-refractivity contribution in [3.05, 3.63) is 88.4 Å². The van der Waals surface area contributed by atoms with Crippen LogP contribution in [-0.4, -0.2) is 64.5 Å². The number of piperidine rings is 1. The fraction of sp³-hybridized carbons (Fsp3) is 0.353. The van der Waals surface area contributed by atoms with Gasteiger partial charge in [-0.15, -0.1) is 0 Å². The number of anilines is 3. The normalized spacial score (nSPS) is 14.3. The van der Waals surface area contributed by atoms with Crippen molar-refractivity contribution in [1.29, 1.82) is 0 Å². The van der Waals surface area contributed by atoms with Crippen LogP contribution in [-0.2, 0) is 12.8 Å². The highest BCUT2D eigenvalue weighted by atomic mass is 16.5. The Kier molecular flexibility index (Phi) is 8.60. The SMILES string of the molecule is COc1cc(C(=O)NCCN2CCCCC2)ccc1Nc1ncc2c(n1)-n1ccc(C(=O)Nc3c(C)cccc3C)c1CC2. The summed E-state index contributed by atoms with van der Waals surface area (Å²) in [4.78, 5) is 37.9. The van der Waals surface area contributed by atoms with Gasteiger partial charge in [0.05, 0.1) is 18.4 Å². The quantitative estimate of drug-likeness (QED) is 0.244. The van der Waals surface area contributed by atoms with E-state index in [2.05, 4.69) is 25.8 Å². The molecule has 44 heavy (non-hydrogen) atoms. The van der Waals surface area contributed by atoms with Crippen LogP contribution in [0.4, 0.5) is 17.3 Å². The third-order valence-corrected chi connectivity index (χ3v) is 8.53. The van der Waals surface area contributed by atoms with E-state index in [4.69, 9.17) is 9.72 Å². The molecule has 10 nitrogen and oxygen atoms in total. The Hall–Kier alpha value is -4.70. The number of fused-ring (bicyclic) bond motifs is 3. The first kappa shape index (κ1) is 29.4. The summed E-state index contributed by atoms with van der Waals surface area (Å²) in [7, 11) is 1.57. The first-order valence-electron chi connectivity index (χ1n) is 15.3. The van der Waals surface area contributed by atoms with Crippen molar-refractivity contribution in [3.8, 4) is 11.6 Å². The fourth-order valence-electron chi connectivity index (χ4n) is 6.08. The maximum Gasteiger partial charge on any atom is 0.257 e. The average Bonchev–Trinajstić information content (AvgIpc) is 3.48. The Morgan fingerprint density at radius 2 is 1.77 bits per heavy atom. The highest BCUT2D eigenvalue weighted by Crippen LogP contribution is 2.31. The monoisotopic (exact) mass is 593 g/mol. The van der Waals surface area contributed by atoms with E-state index in [-0.39, 0.29) is 11.8 Å². The molecule has 0 radical (unpaired) electrons. The van der Waals surface area contributed by atoms with Gasteiger partial charge < -0.3 is 30.2 Å². The second kappa shape index (κ2) is 12.9. The van der Waals surface area contributed by atoms with E-state index in [9.17, 15) is 9.59 Å². The average molecular weight is 594 g/mol. The van der Waals surface area contributed by atoms with Crippen LogP contribution in [0.5, 0.6) is 5.75 Å². The maximum atomic E-state index is 13.3. The van der Waals surface area contributed by atoms with Gasteiger partial charge in [0.25, 0.3) is 11.8 Å². The smallest absolute Gasteiger partial charge is 0.257 e. The molecule has 2 aromatic heterocycles. The Bertz CT molecular complexity index is 1670. The topological polar surface area (TPSA) is 113 Å². The van der Waals surface area contributed by atoms with Crippen molar-refractivity contribution in [3.63, 3.8) is 0 Å². The largest absolute Gasteiger partial charge is 0.495 e. The van der Waals surface area contributed by atoms with E-state index < -0.39 is 0 Å². The third kappa shape index (κ3) is 6.16. The number of aromatic nitrogens is 3. The van der Waals surface area contributed by atoms with Gasteiger partial charge in [0.1, 0.15) is 11.6 Å². The summed E-state index contributed by atoms with van der Waals surface area (Å²) in [6.07, 6.45) is 8.90. The minimum atomic E-state index is -0.132. The number of aryl methyl sites for hydroxylation is 3. The molecule has 6 rings (SSSR count). The molecule has 2 amide bonds. The summed E-state index contributed by atoms with van der Waals surface area (Å²) < 4.78 is 7.59. The number of likely N-dealkylation sites (tertiary alicyclic amines) is 1. The molecule has 0 aliphatic carbocycles. The highest BCUT2D eigenvalue weighted by Gasteiger charge is 2.25. The molecule has 0 saturated carbocycles. The standard InChI is InChI=1S/C34H39N7O3/c1-22-8-7-9-23(2)30(22)38-33(43)26-14-18-41-28(26)13-11-25-21-36-34(39-31(25)41)37-27-12-10-24(20-29(27)44-3)32(42)35-15-19-40-16-5-4-6-17-40/h7-10,12,14,18,20-21H,4-6,11,13,15-17,19H2,1-3H3,(H,35,42)(H,38,43)(H,36,37,39). The van der Waals surface area contributed by atoms with Crippen LogP contribution in [0.15, 0.2) is 54.9 Å². The number of nitrogens with zero attached hydrogens (tertiary/aromatic N) is 4. The van der Waals surface area contributed by atoms with E-state index in [1.54, 1.807) is 25.3 Å². The van der Waals surface area contributed by atoms with Crippen LogP contribution in [0.1, 0.15) is 62.4 Å². The Labute approximate surface area is 257 Å². The van der Waals surface area contributed by atoms with Gasteiger partial charge in [-0.2, -0.15) is 4.98 Å². The van der Waals surface area contributed by atoms with Gasteiger partial charge in [-0.05, 0) is 88.0 Å². The second-order valence-electron chi connectivity index (χ2n) is 11.5. The number of ether oxygens (including phenoxy) is 1. The highest BCUT2D eigenvalue weighted by molar-refractivity contribution is 6.06. The number of hydrogen-bond acceptors (Lipinski definition) is 7.